The number of amides is 2. The van der Waals surface area contributed by atoms with Crippen molar-refractivity contribution in [3.05, 3.63) is 94.5 Å². The maximum absolute atomic E-state index is 13.8. The van der Waals surface area contributed by atoms with Crippen LogP contribution < -0.4 is 16.4 Å². The summed E-state index contributed by atoms with van der Waals surface area (Å²) in [6, 6.07) is 13.9. The summed E-state index contributed by atoms with van der Waals surface area (Å²) in [4.78, 5) is 28.3. The van der Waals surface area contributed by atoms with Crippen molar-refractivity contribution < 1.29 is 14.0 Å². The van der Waals surface area contributed by atoms with Crippen LogP contribution in [0.4, 0.5) is 10.1 Å². The van der Waals surface area contributed by atoms with E-state index < -0.39 is 11.9 Å². The molecule has 1 heterocycles. The summed E-state index contributed by atoms with van der Waals surface area (Å²) in [5.41, 5.74) is 8.27. The standard InChI is InChI=1S/C22H20ClFN4O2/c23-17-6-5-16(19(24)12-17)11-21(29)27-13-20(25)14-1-3-15(4-2-14)22(30)28-18-7-9-26-10-8-18/h1-10,12,20H,11,13,25H2,(H,27,29)(H,26,28,30). The number of benzene rings is 2. The second-order valence-electron chi connectivity index (χ2n) is 6.64. The Labute approximate surface area is 178 Å². The van der Waals surface area contributed by atoms with Crippen LogP contribution in [-0.2, 0) is 11.2 Å². The van der Waals surface area contributed by atoms with Crippen LogP contribution in [0.5, 0.6) is 0 Å². The summed E-state index contributed by atoms with van der Waals surface area (Å²) in [5.74, 6) is -1.12. The molecule has 1 atom stereocenters. The van der Waals surface area contributed by atoms with Gasteiger partial charge in [0.05, 0.1) is 6.42 Å². The lowest BCUT2D eigenvalue weighted by molar-refractivity contribution is -0.120. The van der Waals surface area contributed by atoms with Crippen molar-refractivity contribution in [3.8, 4) is 0 Å². The van der Waals surface area contributed by atoms with Crippen LogP contribution in [0.15, 0.2) is 67.0 Å². The molecule has 2 amide bonds. The Kier molecular flexibility index (Phi) is 7.11. The van der Waals surface area contributed by atoms with Crippen molar-refractivity contribution in [2.75, 3.05) is 11.9 Å². The smallest absolute Gasteiger partial charge is 0.255 e. The van der Waals surface area contributed by atoms with Gasteiger partial charge in [0.15, 0.2) is 0 Å². The van der Waals surface area contributed by atoms with Crippen molar-refractivity contribution >= 4 is 29.1 Å². The zero-order chi connectivity index (χ0) is 21.5. The fourth-order valence-corrected chi connectivity index (χ4v) is 2.92. The average molecular weight is 427 g/mol. The zero-order valence-electron chi connectivity index (χ0n) is 15.9. The predicted octanol–water partition coefficient (Wildman–Crippen LogP) is 3.49. The molecular weight excluding hydrogens is 407 g/mol. The number of hydrogen-bond donors (Lipinski definition) is 3. The van der Waals surface area contributed by atoms with E-state index in [0.29, 0.717) is 11.3 Å². The number of nitrogens with one attached hydrogen (secondary N) is 2. The molecule has 0 radical (unpaired) electrons. The normalized spacial score (nSPS) is 11.6. The van der Waals surface area contributed by atoms with Gasteiger partial charge in [-0.1, -0.05) is 29.8 Å². The lowest BCUT2D eigenvalue weighted by Gasteiger charge is -2.14. The molecule has 0 saturated carbocycles. The largest absolute Gasteiger partial charge is 0.354 e. The Morgan fingerprint density at radius 1 is 1.07 bits per heavy atom. The van der Waals surface area contributed by atoms with Crippen molar-refractivity contribution in [3.63, 3.8) is 0 Å². The monoisotopic (exact) mass is 426 g/mol. The van der Waals surface area contributed by atoms with E-state index in [1.165, 1.54) is 18.2 Å². The fourth-order valence-electron chi connectivity index (χ4n) is 2.76. The summed E-state index contributed by atoms with van der Waals surface area (Å²) < 4.78 is 13.8. The highest BCUT2D eigenvalue weighted by atomic mass is 35.5. The molecule has 0 bridgehead atoms. The second kappa shape index (κ2) is 9.96. The van der Waals surface area contributed by atoms with Gasteiger partial charge in [-0.15, -0.1) is 0 Å². The SMILES string of the molecule is NC(CNC(=O)Cc1ccc(Cl)cc1F)c1ccc(C(=O)Nc2ccncc2)cc1. The Morgan fingerprint density at radius 3 is 2.43 bits per heavy atom. The maximum atomic E-state index is 13.8. The van der Waals surface area contributed by atoms with E-state index >= 15 is 0 Å². The molecule has 0 aliphatic heterocycles. The van der Waals surface area contributed by atoms with E-state index in [0.717, 1.165) is 5.56 Å². The number of hydrogen-bond acceptors (Lipinski definition) is 4. The topological polar surface area (TPSA) is 97.1 Å². The van der Waals surface area contributed by atoms with Crippen molar-refractivity contribution in [2.24, 2.45) is 5.73 Å². The third kappa shape index (κ3) is 5.85. The van der Waals surface area contributed by atoms with Crippen LogP contribution in [0.25, 0.3) is 0 Å². The van der Waals surface area contributed by atoms with Gasteiger partial charge in [-0.25, -0.2) is 4.39 Å². The predicted molar refractivity (Wildman–Crippen MR) is 114 cm³/mol. The van der Waals surface area contributed by atoms with E-state index in [4.69, 9.17) is 17.3 Å². The van der Waals surface area contributed by atoms with Crippen LogP contribution in [0.3, 0.4) is 0 Å². The highest BCUT2D eigenvalue weighted by Crippen LogP contribution is 2.16. The number of anilines is 1. The molecule has 3 rings (SSSR count). The first kappa shape index (κ1) is 21.4. The molecule has 8 heteroatoms. The van der Waals surface area contributed by atoms with E-state index in [1.807, 2.05) is 0 Å². The van der Waals surface area contributed by atoms with Crippen LogP contribution in [0.2, 0.25) is 5.02 Å². The Bertz CT molecular complexity index is 1030. The highest BCUT2D eigenvalue weighted by molar-refractivity contribution is 6.30. The minimum Gasteiger partial charge on any atom is -0.354 e. The summed E-state index contributed by atoms with van der Waals surface area (Å²) in [6.45, 7) is 0.177. The van der Waals surface area contributed by atoms with Gasteiger partial charge in [-0.05, 0) is 47.5 Å². The number of aromatic nitrogens is 1. The molecule has 0 aliphatic rings. The van der Waals surface area contributed by atoms with E-state index in [-0.39, 0.29) is 35.4 Å². The Balaban J connectivity index is 1.52. The number of nitrogens with two attached hydrogens (primary N) is 1. The lowest BCUT2D eigenvalue weighted by atomic mass is 10.0. The van der Waals surface area contributed by atoms with Gasteiger partial charge in [-0.3, -0.25) is 14.6 Å². The van der Waals surface area contributed by atoms with Crippen molar-refractivity contribution in [1.82, 2.24) is 10.3 Å². The molecule has 30 heavy (non-hydrogen) atoms. The summed E-state index contributed by atoms with van der Waals surface area (Å²) in [6.07, 6.45) is 3.07. The molecule has 0 fully saturated rings. The number of pyridine rings is 1. The molecule has 1 unspecified atom stereocenters. The molecule has 6 nitrogen and oxygen atoms in total. The number of rotatable bonds is 7. The first-order chi connectivity index (χ1) is 14.4. The van der Waals surface area contributed by atoms with E-state index in [2.05, 4.69) is 15.6 Å². The van der Waals surface area contributed by atoms with Gasteiger partial charge < -0.3 is 16.4 Å². The third-order valence-corrected chi connectivity index (χ3v) is 4.66. The fraction of sp³-hybridized carbons (Fsp3) is 0.136. The lowest BCUT2D eigenvalue weighted by Crippen LogP contribution is -2.33. The molecule has 4 N–H and O–H groups in total. The molecule has 0 aliphatic carbocycles. The van der Waals surface area contributed by atoms with Gasteiger partial charge in [0.25, 0.3) is 5.91 Å². The van der Waals surface area contributed by atoms with Crippen molar-refractivity contribution in [1.29, 1.82) is 0 Å². The zero-order valence-corrected chi connectivity index (χ0v) is 16.7. The molecule has 2 aromatic carbocycles. The van der Waals surface area contributed by atoms with Gasteiger partial charge >= 0.3 is 0 Å². The minimum atomic E-state index is -0.525. The van der Waals surface area contributed by atoms with Gasteiger partial charge in [0.1, 0.15) is 5.82 Å². The Morgan fingerprint density at radius 2 is 1.77 bits per heavy atom. The van der Waals surface area contributed by atoms with E-state index in [1.54, 1.807) is 48.8 Å². The Hall–Kier alpha value is -3.29. The maximum Gasteiger partial charge on any atom is 0.255 e. The van der Waals surface area contributed by atoms with Crippen LogP contribution in [0, 0.1) is 5.82 Å². The highest BCUT2D eigenvalue weighted by Gasteiger charge is 2.12. The number of carbonyl (C=O) groups excluding carboxylic acids is 2. The third-order valence-electron chi connectivity index (χ3n) is 4.42. The van der Waals surface area contributed by atoms with Crippen molar-refractivity contribution in [2.45, 2.75) is 12.5 Å². The van der Waals surface area contributed by atoms with Crippen LogP contribution in [-0.4, -0.2) is 23.3 Å². The average Bonchev–Trinajstić information content (AvgIpc) is 2.75. The number of carbonyl (C=O) groups is 2. The van der Waals surface area contributed by atoms with E-state index in [9.17, 15) is 14.0 Å². The molecule has 3 aromatic rings. The summed E-state index contributed by atoms with van der Waals surface area (Å²) in [7, 11) is 0. The molecular formula is C22H20ClFN4O2. The first-order valence-corrected chi connectivity index (χ1v) is 9.57. The van der Waals surface area contributed by atoms with Gasteiger partial charge in [0, 0.05) is 41.3 Å². The molecule has 1 aromatic heterocycles. The molecule has 0 spiro atoms. The summed E-state index contributed by atoms with van der Waals surface area (Å²) >= 11 is 5.71. The summed E-state index contributed by atoms with van der Waals surface area (Å²) in [5, 5.41) is 5.74. The minimum absolute atomic E-state index is 0.107. The number of halogens is 2. The van der Waals surface area contributed by atoms with Gasteiger partial charge in [0.2, 0.25) is 5.91 Å². The van der Waals surface area contributed by atoms with Crippen LogP contribution >= 0.6 is 11.6 Å². The quantitative estimate of drug-likeness (QED) is 0.538. The number of nitrogens with zero attached hydrogens (tertiary/aromatic N) is 1. The second-order valence-corrected chi connectivity index (χ2v) is 7.07. The van der Waals surface area contributed by atoms with Gasteiger partial charge in [-0.2, -0.15) is 0 Å². The van der Waals surface area contributed by atoms with Crippen LogP contribution in [0.1, 0.15) is 27.5 Å². The first-order valence-electron chi connectivity index (χ1n) is 9.20. The molecule has 0 saturated heterocycles. The molecule has 154 valence electrons.